The molecule has 0 aliphatic carbocycles. The maximum Gasteiger partial charge on any atom is 0.306 e. The van der Waals surface area contributed by atoms with E-state index >= 15 is 0 Å². The van der Waals surface area contributed by atoms with E-state index in [2.05, 4.69) is 20.8 Å². The Morgan fingerprint density at radius 1 is 0.351 bits per heavy atom. The molecule has 1 heterocycles. The van der Waals surface area contributed by atoms with Gasteiger partial charge in [-0.15, -0.1) is 0 Å². The van der Waals surface area contributed by atoms with E-state index in [0.29, 0.717) is 71.4 Å². The van der Waals surface area contributed by atoms with Gasteiger partial charge in [0.1, 0.15) is 12.7 Å². The lowest BCUT2D eigenvalue weighted by Crippen LogP contribution is -2.47. The molecule has 1 aliphatic heterocycles. The zero-order valence-electron chi connectivity index (χ0n) is 59.4. The zero-order chi connectivity index (χ0) is 69.7. The Morgan fingerprint density at radius 3 is 1.03 bits per heavy atom. The van der Waals surface area contributed by atoms with E-state index in [1.54, 1.807) is 0 Å². The number of hydrogen-bond donors (Lipinski definition) is 12. The van der Waals surface area contributed by atoms with Crippen LogP contribution >= 0.6 is 0 Å². The van der Waals surface area contributed by atoms with Crippen molar-refractivity contribution in [1.82, 2.24) is 14.7 Å². The minimum Gasteiger partial charge on any atom is -0.462 e. The monoisotopic (exact) mass is 1350 g/mol. The Bertz CT molecular complexity index is 1660. The van der Waals surface area contributed by atoms with Crippen molar-refractivity contribution in [3.05, 3.63) is 0 Å². The van der Waals surface area contributed by atoms with Crippen LogP contribution in [0.5, 0.6) is 0 Å². The summed E-state index contributed by atoms with van der Waals surface area (Å²) >= 11 is 0. The number of nitrogens with zero attached hydrogens (tertiary/aromatic N) is 3. The van der Waals surface area contributed by atoms with Crippen molar-refractivity contribution in [2.75, 3.05) is 105 Å². The van der Waals surface area contributed by atoms with Crippen molar-refractivity contribution >= 4 is 17.9 Å². The molecule has 0 spiro atoms. The standard InChI is InChI=1S/C47H92N2O12.C25H51NO7/c1-3-5-7-8-12-18-24-42(55)40(48(28-32-50)29-33-51)22-17-11-9-15-21-27-47(58)60-39(37-54)38-59-46(57)26-20-14-10-13-19-25-44-45(61-44)36-41(43(56)23-16-6-4-2)49(30-34-52)31-35-53;1-2-3-4-5-8-11-14-24(31)23(26(16-18-27)17-19-28)13-10-7-6-9-12-15-25(32)33-22(20-29)21-30/h39-45,50-56H,3-38H2,1-2H3;22-24,27-31H,2-21H2,1H3. The van der Waals surface area contributed by atoms with Gasteiger partial charge in [-0.2, -0.15) is 0 Å². The SMILES string of the molecule is CCCCCCCCC(O)C(CCCCCCCC(=O)OC(CO)CO)N(CCO)CCO.CCCCCCCCC(O)C(CCCCCCCC(=O)OC(CO)COC(=O)CCCCCCCC1OC1CC(C(O)CCCCC)N(CCO)CCO)N(CCO)CCO. The molecule has 560 valence electrons. The summed E-state index contributed by atoms with van der Waals surface area (Å²) in [5, 5.41) is 118. The van der Waals surface area contributed by atoms with Crippen molar-refractivity contribution in [1.29, 1.82) is 0 Å². The molecule has 9 atom stereocenters. The van der Waals surface area contributed by atoms with Crippen LogP contribution < -0.4 is 0 Å². The van der Waals surface area contributed by atoms with Gasteiger partial charge in [0.05, 0.1) is 90.0 Å². The van der Waals surface area contributed by atoms with Crippen LogP contribution in [0.3, 0.4) is 0 Å². The van der Waals surface area contributed by atoms with Crippen LogP contribution in [0.2, 0.25) is 0 Å². The lowest BCUT2D eigenvalue weighted by molar-refractivity contribution is -0.161. The number of carbonyl (C=O) groups excluding carboxylic acids is 3. The number of aliphatic hydroxyl groups is 12. The Hall–Kier alpha value is -2.23. The molecule has 1 saturated heterocycles. The van der Waals surface area contributed by atoms with Crippen molar-refractivity contribution in [3.8, 4) is 0 Å². The molecule has 9 unspecified atom stereocenters. The number of esters is 3. The second kappa shape index (κ2) is 65.4. The molecule has 1 rings (SSSR count). The Morgan fingerprint density at radius 2 is 0.649 bits per heavy atom. The van der Waals surface area contributed by atoms with Crippen molar-refractivity contribution < 1.29 is 94.6 Å². The predicted molar refractivity (Wildman–Crippen MR) is 369 cm³/mol. The number of ether oxygens (including phenoxy) is 4. The number of unbranched alkanes of at least 4 members (excludes halogenated alkanes) is 24. The molecule has 0 aromatic heterocycles. The summed E-state index contributed by atoms with van der Waals surface area (Å²) in [7, 11) is 0. The lowest BCUT2D eigenvalue weighted by Gasteiger charge is -2.34. The highest BCUT2D eigenvalue weighted by Crippen LogP contribution is 2.34. The highest BCUT2D eigenvalue weighted by atomic mass is 16.6. The summed E-state index contributed by atoms with van der Waals surface area (Å²) in [6.45, 7) is 7.66. The summed E-state index contributed by atoms with van der Waals surface area (Å²) < 4.78 is 21.6. The van der Waals surface area contributed by atoms with Gasteiger partial charge < -0.3 is 80.2 Å². The fourth-order valence-electron chi connectivity index (χ4n) is 12.7. The topological polar surface area (TPSA) is 344 Å². The van der Waals surface area contributed by atoms with Crippen LogP contribution in [0.1, 0.15) is 278 Å². The van der Waals surface area contributed by atoms with E-state index in [0.717, 1.165) is 154 Å². The van der Waals surface area contributed by atoms with Gasteiger partial charge in [0.25, 0.3) is 0 Å². The summed E-state index contributed by atoms with van der Waals surface area (Å²) in [6.07, 6.45) is 33.6. The third-order valence-corrected chi connectivity index (χ3v) is 18.3. The molecular weight excluding hydrogens is 1210 g/mol. The first-order valence-corrected chi connectivity index (χ1v) is 37.7. The predicted octanol–water partition coefficient (Wildman–Crippen LogP) is 7.80. The first-order valence-electron chi connectivity index (χ1n) is 37.7. The summed E-state index contributed by atoms with van der Waals surface area (Å²) in [5.41, 5.74) is 0. The van der Waals surface area contributed by atoms with E-state index in [9.17, 15) is 65.4 Å². The second-order valence-electron chi connectivity index (χ2n) is 26.3. The molecule has 0 aromatic rings. The molecule has 0 bridgehead atoms. The van der Waals surface area contributed by atoms with E-state index in [1.807, 2.05) is 14.7 Å². The van der Waals surface area contributed by atoms with Crippen LogP contribution in [0.25, 0.3) is 0 Å². The first-order chi connectivity index (χ1) is 45.7. The average molecular weight is 1350 g/mol. The molecule has 22 heteroatoms. The van der Waals surface area contributed by atoms with Gasteiger partial charge in [-0.3, -0.25) is 29.1 Å². The Kier molecular flexibility index (Phi) is 63.8. The maximum atomic E-state index is 12.4. The number of carbonyl (C=O) groups is 3. The van der Waals surface area contributed by atoms with E-state index in [4.69, 9.17) is 29.2 Å². The van der Waals surface area contributed by atoms with Crippen LogP contribution in [0.15, 0.2) is 0 Å². The number of epoxide rings is 1. The van der Waals surface area contributed by atoms with Gasteiger partial charge >= 0.3 is 17.9 Å². The highest BCUT2D eigenvalue weighted by molar-refractivity contribution is 5.70. The fraction of sp³-hybridized carbons (Fsp3) is 0.958. The molecule has 0 aromatic carbocycles. The highest BCUT2D eigenvalue weighted by Gasteiger charge is 2.42. The van der Waals surface area contributed by atoms with E-state index in [-0.39, 0.29) is 115 Å². The average Bonchev–Trinajstić information content (AvgIpc) is 1.71. The van der Waals surface area contributed by atoms with Crippen molar-refractivity contribution in [2.24, 2.45) is 0 Å². The fourth-order valence-corrected chi connectivity index (χ4v) is 12.7. The quantitative estimate of drug-likeness (QED) is 0.0120. The van der Waals surface area contributed by atoms with Crippen LogP contribution in [0.4, 0.5) is 0 Å². The number of aliphatic hydroxyl groups excluding tert-OH is 12. The summed E-state index contributed by atoms with van der Waals surface area (Å²) in [4.78, 5) is 42.4. The molecule has 0 radical (unpaired) electrons. The van der Waals surface area contributed by atoms with Gasteiger partial charge in [0, 0.05) is 76.7 Å². The Labute approximate surface area is 568 Å². The maximum absolute atomic E-state index is 12.4. The number of rotatable bonds is 69. The molecule has 94 heavy (non-hydrogen) atoms. The van der Waals surface area contributed by atoms with Gasteiger partial charge in [-0.1, -0.05) is 194 Å². The van der Waals surface area contributed by atoms with Crippen LogP contribution in [-0.4, -0.2) is 260 Å². The van der Waals surface area contributed by atoms with E-state index in [1.165, 1.54) is 51.4 Å². The molecule has 22 nitrogen and oxygen atoms in total. The van der Waals surface area contributed by atoms with Crippen LogP contribution in [0, 0.1) is 0 Å². The Balaban J connectivity index is 0.00000221. The second-order valence-corrected chi connectivity index (χ2v) is 26.3. The lowest BCUT2D eigenvalue weighted by atomic mass is 9.96. The van der Waals surface area contributed by atoms with Gasteiger partial charge in [0.15, 0.2) is 6.10 Å². The van der Waals surface area contributed by atoms with Crippen molar-refractivity contribution in [3.63, 3.8) is 0 Å². The third kappa shape index (κ3) is 49.3. The van der Waals surface area contributed by atoms with Gasteiger partial charge in [-0.05, 0) is 64.2 Å². The minimum absolute atomic E-state index is 0.00373. The third-order valence-electron chi connectivity index (χ3n) is 18.3. The zero-order valence-corrected chi connectivity index (χ0v) is 59.4. The molecule has 0 saturated carbocycles. The summed E-state index contributed by atoms with van der Waals surface area (Å²) in [5.74, 6) is -1.20. The van der Waals surface area contributed by atoms with E-state index < -0.39 is 49.1 Å². The molecule has 1 fully saturated rings. The van der Waals surface area contributed by atoms with Crippen molar-refractivity contribution in [2.45, 2.75) is 338 Å². The molecule has 0 amide bonds. The molecule has 12 N–H and O–H groups in total. The van der Waals surface area contributed by atoms with Gasteiger partial charge in [-0.25, -0.2) is 0 Å². The van der Waals surface area contributed by atoms with Crippen LogP contribution in [-0.2, 0) is 33.3 Å². The number of hydrogen-bond acceptors (Lipinski definition) is 22. The first kappa shape index (κ1) is 91.8. The van der Waals surface area contributed by atoms with Gasteiger partial charge in [0.2, 0.25) is 0 Å². The largest absolute Gasteiger partial charge is 0.462 e. The molecule has 1 aliphatic rings. The minimum atomic E-state index is -0.891. The summed E-state index contributed by atoms with van der Waals surface area (Å²) in [6, 6.07) is -0.327. The normalized spacial score (nSPS) is 16.2. The smallest absolute Gasteiger partial charge is 0.306 e. The molecular formula is C72H143N3O19.